The van der Waals surface area contributed by atoms with Crippen LogP contribution in [0.1, 0.15) is 35.1 Å². The zero-order valence-electron chi connectivity index (χ0n) is 14.8. The van der Waals surface area contributed by atoms with E-state index in [0.717, 1.165) is 17.7 Å². The maximum absolute atomic E-state index is 12.5. The van der Waals surface area contributed by atoms with E-state index < -0.39 is 9.84 Å². The minimum Gasteiger partial charge on any atom is -0.347 e. The number of aryl methyl sites for hydroxylation is 2. The van der Waals surface area contributed by atoms with E-state index in [9.17, 15) is 13.2 Å². The second kappa shape index (κ2) is 7.41. The summed E-state index contributed by atoms with van der Waals surface area (Å²) in [5.74, 6) is 0.0543. The van der Waals surface area contributed by atoms with Crippen molar-refractivity contribution >= 4 is 27.4 Å². The van der Waals surface area contributed by atoms with Crippen LogP contribution in [0.2, 0.25) is 0 Å². The molecule has 1 aliphatic rings. The highest BCUT2D eigenvalue weighted by molar-refractivity contribution is 7.91. The molecule has 1 saturated heterocycles. The number of carbonyl (C=O) groups is 1. The fourth-order valence-corrected chi connectivity index (χ4v) is 4.65. The number of amides is 1. The minimum absolute atomic E-state index is 0.0161. The number of para-hydroxylation sites is 1. The van der Waals surface area contributed by atoms with Crippen molar-refractivity contribution < 1.29 is 13.2 Å². The number of anilines is 2. The van der Waals surface area contributed by atoms with E-state index in [1.54, 1.807) is 13.0 Å². The molecule has 2 heterocycles. The fraction of sp³-hybridized carbons (Fsp3) is 0.389. The lowest BCUT2D eigenvalue weighted by atomic mass is 10.1. The first-order valence-electron chi connectivity index (χ1n) is 8.58. The van der Waals surface area contributed by atoms with Crippen molar-refractivity contribution in [3.63, 3.8) is 0 Å². The molecule has 0 saturated carbocycles. The summed E-state index contributed by atoms with van der Waals surface area (Å²) >= 11 is 0. The quantitative estimate of drug-likeness (QED) is 0.830. The number of nitrogens with zero attached hydrogens (tertiary/aromatic N) is 2. The van der Waals surface area contributed by atoms with Crippen LogP contribution in [-0.4, -0.2) is 41.8 Å². The highest BCUT2D eigenvalue weighted by Crippen LogP contribution is 2.20. The summed E-state index contributed by atoms with van der Waals surface area (Å²) in [6, 6.07) is 9.08. The highest BCUT2D eigenvalue weighted by Gasteiger charge is 2.29. The first-order chi connectivity index (χ1) is 12.4. The molecule has 3 rings (SSSR count). The van der Waals surface area contributed by atoms with Gasteiger partial charge in [-0.15, -0.1) is 0 Å². The molecule has 138 valence electrons. The van der Waals surface area contributed by atoms with E-state index in [1.165, 1.54) is 0 Å². The molecule has 26 heavy (non-hydrogen) atoms. The topological polar surface area (TPSA) is 101 Å². The van der Waals surface area contributed by atoms with Gasteiger partial charge in [0.05, 0.1) is 11.5 Å². The maximum atomic E-state index is 12.5. The SMILES string of the molecule is CCc1ccccc1Nc1nc(C)cc(C(=O)NC2CCS(=O)(=O)C2)n1. The molecular formula is C18H22N4O3S. The van der Waals surface area contributed by atoms with E-state index >= 15 is 0 Å². The van der Waals surface area contributed by atoms with Gasteiger partial charge in [-0.2, -0.15) is 0 Å². The standard InChI is InChI=1S/C18H22N4O3S/c1-3-13-6-4-5-7-15(13)21-18-19-12(2)10-16(22-18)17(23)20-14-8-9-26(24,25)11-14/h4-7,10,14H,3,8-9,11H2,1-2H3,(H,20,23)(H,19,21,22). The van der Waals surface area contributed by atoms with E-state index in [0.29, 0.717) is 18.1 Å². The lowest BCUT2D eigenvalue weighted by Crippen LogP contribution is -2.36. The third kappa shape index (κ3) is 4.37. The van der Waals surface area contributed by atoms with Crippen molar-refractivity contribution in [2.45, 2.75) is 32.7 Å². The molecule has 8 heteroatoms. The normalized spacial score (nSPS) is 18.5. The van der Waals surface area contributed by atoms with E-state index in [2.05, 4.69) is 27.5 Å². The Balaban J connectivity index is 1.78. The first kappa shape index (κ1) is 18.3. The summed E-state index contributed by atoms with van der Waals surface area (Å²) in [7, 11) is -3.05. The van der Waals surface area contributed by atoms with Crippen molar-refractivity contribution in [2.24, 2.45) is 0 Å². The summed E-state index contributed by atoms with van der Waals surface area (Å²) in [6.45, 7) is 3.85. The Morgan fingerprint density at radius 1 is 1.27 bits per heavy atom. The Morgan fingerprint density at radius 3 is 2.73 bits per heavy atom. The van der Waals surface area contributed by atoms with Gasteiger partial charge in [0.2, 0.25) is 5.95 Å². The fourth-order valence-electron chi connectivity index (χ4n) is 2.98. The van der Waals surface area contributed by atoms with Crippen molar-refractivity contribution in [1.82, 2.24) is 15.3 Å². The van der Waals surface area contributed by atoms with Crippen molar-refractivity contribution in [3.05, 3.63) is 47.3 Å². The third-order valence-electron chi connectivity index (χ3n) is 4.30. The third-order valence-corrected chi connectivity index (χ3v) is 6.07. The Kier molecular flexibility index (Phi) is 5.22. The number of carbonyl (C=O) groups excluding carboxylic acids is 1. The summed E-state index contributed by atoms with van der Waals surface area (Å²) in [5, 5.41) is 5.92. The van der Waals surface area contributed by atoms with E-state index in [1.807, 2.05) is 24.3 Å². The lowest BCUT2D eigenvalue weighted by Gasteiger charge is -2.13. The van der Waals surface area contributed by atoms with Crippen LogP contribution in [0.25, 0.3) is 0 Å². The number of sulfone groups is 1. The Hall–Kier alpha value is -2.48. The number of aromatic nitrogens is 2. The number of hydrogen-bond donors (Lipinski definition) is 2. The average molecular weight is 374 g/mol. The Morgan fingerprint density at radius 2 is 2.04 bits per heavy atom. The van der Waals surface area contributed by atoms with Crippen LogP contribution >= 0.6 is 0 Å². The predicted molar refractivity (Wildman–Crippen MR) is 100 cm³/mol. The van der Waals surface area contributed by atoms with Gasteiger partial charge in [0.15, 0.2) is 9.84 Å². The molecule has 0 spiro atoms. The van der Waals surface area contributed by atoms with Gasteiger partial charge in [0, 0.05) is 17.4 Å². The smallest absolute Gasteiger partial charge is 0.270 e. The highest BCUT2D eigenvalue weighted by atomic mass is 32.2. The molecule has 7 nitrogen and oxygen atoms in total. The lowest BCUT2D eigenvalue weighted by molar-refractivity contribution is 0.0936. The molecule has 1 aromatic carbocycles. The number of hydrogen-bond acceptors (Lipinski definition) is 6. The molecule has 1 aliphatic heterocycles. The molecule has 0 bridgehead atoms. The molecule has 1 unspecified atom stereocenters. The van der Waals surface area contributed by atoms with Gasteiger partial charge in [-0.1, -0.05) is 25.1 Å². The van der Waals surface area contributed by atoms with Gasteiger partial charge in [0.25, 0.3) is 5.91 Å². The van der Waals surface area contributed by atoms with Gasteiger partial charge in [0.1, 0.15) is 5.69 Å². The molecule has 1 fully saturated rings. The molecule has 0 radical (unpaired) electrons. The molecule has 2 aromatic rings. The van der Waals surface area contributed by atoms with Gasteiger partial charge in [-0.25, -0.2) is 18.4 Å². The van der Waals surface area contributed by atoms with E-state index in [4.69, 9.17) is 0 Å². The van der Waals surface area contributed by atoms with Crippen molar-refractivity contribution in [2.75, 3.05) is 16.8 Å². The Bertz CT molecular complexity index is 928. The van der Waals surface area contributed by atoms with Crippen LogP contribution in [-0.2, 0) is 16.3 Å². The molecule has 1 atom stereocenters. The van der Waals surface area contributed by atoms with Crippen molar-refractivity contribution in [1.29, 1.82) is 0 Å². The zero-order valence-corrected chi connectivity index (χ0v) is 15.6. The van der Waals surface area contributed by atoms with Crippen LogP contribution < -0.4 is 10.6 Å². The summed E-state index contributed by atoms with van der Waals surface area (Å²) in [6.07, 6.45) is 1.30. The Labute approximate surface area is 153 Å². The van der Waals surface area contributed by atoms with Crippen LogP contribution in [0.3, 0.4) is 0 Å². The molecule has 0 aliphatic carbocycles. The second-order valence-electron chi connectivity index (χ2n) is 6.43. The summed E-state index contributed by atoms with van der Waals surface area (Å²) in [4.78, 5) is 21.1. The van der Waals surface area contributed by atoms with Gasteiger partial charge < -0.3 is 10.6 Å². The van der Waals surface area contributed by atoms with Crippen LogP contribution in [0.15, 0.2) is 30.3 Å². The second-order valence-corrected chi connectivity index (χ2v) is 8.66. The van der Waals surface area contributed by atoms with E-state index in [-0.39, 0.29) is 29.1 Å². The molecule has 2 N–H and O–H groups in total. The molecular weight excluding hydrogens is 352 g/mol. The van der Waals surface area contributed by atoms with Crippen molar-refractivity contribution in [3.8, 4) is 0 Å². The van der Waals surface area contributed by atoms with Gasteiger partial charge in [-0.3, -0.25) is 4.79 Å². The monoisotopic (exact) mass is 374 g/mol. The first-order valence-corrected chi connectivity index (χ1v) is 10.4. The summed E-state index contributed by atoms with van der Waals surface area (Å²) in [5.41, 5.74) is 2.90. The maximum Gasteiger partial charge on any atom is 0.270 e. The van der Waals surface area contributed by atoms with Crippen LogP contribution in [0, 0.1) is 6.92 Å². The predicted octanol–water partition coefficient (Wildman–Crippen LogP) is 2.01. The van der Waals surface area contributed by atoms with Gasteiger partial charge in [-0.05, 0) is 37.5 Å². The number of rotatable bonds is 5. The zero-order chi connectivity index (χ0) is 18.7. The van der Waals surface area contributed by atoms with Crippen LogP contribution in [0.5, 0.6) is 0 Å². The summed E-state index contributed by atoms with van der Waals surface area (Å²) < 4.78 is 23.1. The average Bonchev–Trinajstić information content (AvgIpc) is 2.93. The number of benzene rings is 1. The number of nitrogens with one attached hydrogen (secondary N) is 2. The largest absolute Gasteiger partial charge is 0.347 e. The van der Waals surface area contributed by atoms with Gasteiger partial charge >= 0.3 is 0 Å². The molecule has 1 amide bonds. The van der Waals surface area contributed by atoms with Crippen LogP contribution in [0.4, 0.5) is 11.6 Å². The minimum atomic E-state index is -3.05. The molecule has 1 aromatic heterocycles.